The first-order chi connectivity index (χ1) is 12.9. The highest BCUT2D eigenvalue weighted by Gasteiger charge is 2.62. The van der Waals surface area contributed by atoms with Gasteiger partial charge in [0.1, 0.15) is 0 Å². The molecule has 0 radical (unpaired) electrons. The molecular formula is C21H16F3NO2. The van der Waals surface area contributed by atoms with Crippen LogP contribution in [0.15, 0.2) is 48.5 Å². The molecule has 1 aliphatic heterocycles. The number of benzene rings is 2. The average Bonchev–Trinajstić information content (AvgIpc) is 3.44. The molecule has 4 rings (SSSR count). The van der Waals surface area contributed by atoms with Crippen LogP contribution in [-0.2, 0) is 16.8 Å². The Kier molecular flexibility index (Phi) is 4.11. The zero-order chi connectivity index (χ0) is 19.1. The summed E-state index contributed by atoms with van der Waals surface area (Å²) in [6.45, 7) is 0. The highest BCUT2D eigenvalue weighted by atomic mass is 19.4. The van der Waals surface area contributed by atoms with E-state index in [1.807, 2.05) is 30.3 Å². The number of amides is 1. The summed E-state index contributed by atoms with van der Waals surface area (Å²) < 4.78 is 47.0. The SMILES string of the molecule is O=C1Nc2ccc(Cc3ccccc3)cc2[C@@](C#CC2CC2)(C(F)(F)F)O1. The van der Waals surface area contributed by atoms with E-state index in [1.54, 1.807) is 6.07 Å². The Bertz CT molecular complexity index is 939. The van der Waals surface area contributed by atoms with E-state index in [0.29, 0.717) is 12.0 Å². The van der Waals surface area contributed by atoms with E-state index >= 15 is 0 Å². The third-order valence-corrected chi connectivity index (χ3v) is 4.63. The summed E-state index contributed by atoms with van der Waals surface area (Å²) >= 11 is 0. The normalized spacial score (nSPS) is 21.4. The van der Waals surface area contributed by atoms with Crippen LogP contribution < -0.4 is 5.32 Å². The van der Waals surface area contributed by atoms with Crippen molar-refractivity contribution < 1.29 is 22.7 Å². The molecule has 1 amide bonds. The van der Waals surface area contributed by atoms with Crippen LogP contribution in [0.25, 0.3) is 0 Å². The molecule has 1 fully saturated rings. The summed E-state index contributed by atoms with van der Waals surface area (Å²) in [7, 11) is 0. The van der Waals surface area contributed by atoms with Gasteiger partial charge >= 0.3 is 12.3 Å². The van der Waals surface area contributed by atoms with Crippen LogP contribution in [0.5, 0.6) is 0 Å². The highest BCUT2D eigenvalue weighted by Crippen LogP contribution is 2.48. The molecule has 2 aromatic carbocycles. The first-order valence-electron chi connectivity index (χ1n) is 8.64. The minimum absolute atomic E-state index is 0.0613. The quantitative estimate of drug-likeness (QED) is 0.754. The lowest BCUT2D eigenvalue weighted by molar-refractivity contribution is -0.239. The summed E-state index contributed by atoms with van der Waals surface area (Å²) in [6, 6.07) is 14.0. The molecule has 3 nitrogen and oxygen atoms in total. The Labute approximate surface area is 154 Å². The Morgan fingerprint density at radius 3 is 2.52 bits per heavy atom. The van der Waals surface area contributed by atoms with E-state index in [0.717, 1.165) is 18.4 Å². The molecule has 1 atom stereocenters. The zero-order valence-corrected chi connectivity index (χ0v) is 14.3. The molecule has 27 heavy (non-hydrogen) atoms. The maximum atomic E-state index is 14.1. The standard InChI is InChI=1S/C21H16F3NO2/c22-21(23,24)20(11-10-14-6-7-14)17-13-16(12-15-4-2-1-3-5-15)8-9-18(17)25-19(26)27-20/h1-5,8-9,13-14H,6-7,12H2,(H,25,26)/t20-/m0/s1. The summed E-state index contributed by atoms with van der Waals surface area (Å²) in [4.78, 5) is 11.8. The van der Waals surface area contributed by atoms with Gasteiger partial charge in [-0.15, -0.1) is 0 Å². The van der Waals surface area contributed by atoms with Crippen molar-refractivity contribution in [2.75, 3.05) is 5.32 Å². The number of halogens is 3. The number of rotatable bonds is 2. The molecule has 6 heteroatoms. The van der Waals surface area contributed by atoms with Crippen molar-refractivity contribution in [2.45, 2.75) is 31.0 Å². The second kappa shape index (κ2) is 6.34. The largest absolute Gasteiger partial charge is 0.445 e. The third-order valence-electron chi connectivity index (χ3n) is 4.63. The molecule has 1 aliphatic carbocycles. The van der Waals surface area contributed by atoms with Gasteiger partial charge in [-0.2, -0.15) is 13.2 Å². The fourth-order valence-electron chi connectivity index (χ4n) is 3.07. The van der Waals surface area contributed by atoms with Crippen LogP contribution in [0.2, 0.25) is 0 Å². The Morgan fingerprint density at radius 1 is 1.11 bits per heavy atom. The van der Waals surface area contributed by atoms with E-state index in [9.17, 15) is 18.0 Å². The van der Waals surface area contributed by atoms with E-state index < -0.39 is 17.9 Å². The van der Waals surface area contributed by atoms with Crippen molar-refractivity contribution in [3.05, 3.63) is 65.2 Å². The number of carbonyl (C=O) groups excluding carboxylic acids is 1. The van der Waals surface area contributed by atoms with Crippen molar-refractivity contribution >= 4 is 11.8 Å². The maximum absolute atomic E-state index is 14.1. The highest BCUT2D eigenvalue weighted by molar-refractivity contribution is 5.89. The predicted octanol–water partition coefficient (Wildman–Crippen LogP) is 5.01. The lowest BCUT2D eigenvalue weighted by atomic mass is 9.88. The van der Waals surface area contributed by atoms with Crippen molar-refractivity contribution in [3.8, 4) is 11.8 Å². The maximum Gasteiger partial charge on any atom is 0.445 e. The number of carbonyl (C=O) groups is 1. The van der Waals surface area contributed by atoms with Crippen LogP contribution in [0.1, 0.15) is 29.5 Å². The summed E-state index contributed by atoms with van der Waals surface area (Å²) in [5.74, 6) is 4.82. The van der Waals surface area contributed by atoms with Gasteiger partial charge in [0.2, 0.25) is 0 Å². The molecule has 0 aromatic heterocycles. The average molecular weight is 371 g/mol. The Hall–Kier alpha value is -2.94. The molecule has 1 heterocycles. The second-order valence-corrected chi connectivity index (χ2v) is 6.78. The molecule has 1 saturated carbocycles. The van der Waals surface area contributed by atoms with Gasteiger partial charge in [-0.3, -0.25) is 5.32 Å². The topological polar surface area (TPSA) is 38.3 Å². The van der Waals surface area contributed by atoms with Gasteiger partial charge in [-0.25, -0.2) is 4.79 Å². The molecule has 0 unspecified atom stereocenters. The first kappa shape index (κ1) is 17.5. The predicted molar refractivity (Wildman–Crippen MR) is 94.0 cm³/mol. The van der Waals surface area contributed by atoms with E-state index in [4.69, 9.17) is 4.74 Å². The van der Waals surface area contributed by atoms with Gasteiger partial charge in [0.15, 0.2) is 0 Å². The van der Waals surface area contributed by atoms with Gasteiger partial charge < -0.3 is 4.74 Å². The number of fused-ring (bicyclic) bond motifs is 1. The summed E-state index contributed by atoms with van der Waals surface area (Å²) in [5.41, 5.74) is -1.39. The van der Waals surface area contributed by atoms with Crippen molar-refractivity contribution in [2.24, 2.45) is 5.92 Å². The molecule has 0 bridgehead atoms. The van der Waals surface area contributed by atoms with Gasteiger partial charge in [0.25, 0.3) is 5.60 Å². The molecule has 2 aromatic rings. The van der Waals surface area contributed by atoms with Crippen LogP contribution in [-0.4, -0.2) is 12.3 Å². The molecule has 2 aliphatic rings. The van der Waals surface area contributed by atoms with Crippen LogP contribution in [0.3, 0.4) is 0 Å². The number of anilines is 1. The van der Waals surface area contributed by atoms with Crippen LogP contribution >= 0.6 is 0 Å². The molecular weight excluding hydrogens is 355 g/mol. The number of alkyl halides is 3. The molecule has 0 spiro atoms. The van der Waals surface area contributed by atoms with Crippen molar-refractivity contribution in [3.63, 3.8) is 0 Å². The lowest BCUT2D eigenvalue weighted by Crippen LogP contribution is -2.49. The van der Waals surface area contributed by atoms with Gasteiger partial charge in [0.05, 0.1) is 5.69 Å². The minimum Gasteiger partial charge on any atom is -0.415 e. The van der Waals surface area contributed by atoms with E-state index in [1.165, 1.54) is 12.1 Å². The van der Waals surface area contributed by atoms with Crippen molar-refractivity contribution in [1.29, 1.82) is 0 Å². The number of nitrogens with one attached hydrogen (secondary N) is 1. The minimum atomic E-state index is -4.85. The lowest BCUT2D eigenvalue weighted by Gasteiger charge is -2.36. The molecule has 138 valence electrons. The van der Waals surface area contributed by atoms with E-state index in [-0.39, 0.29) is 17.2 Å². The van der Waals surface area contributed by atoms with Gasteiger partial charge in [-0.1, -0.05) is 42.3 Å². The Balaban J connectivity index is 1.81. The van der Waals surface area contributed by atoms with Crippen molar-refractivity contribution in [1.82, 2.24) is 0 Å². The summed E-state index contributed by atoms with van der Waals surface area (Å²) in [6.07, 6.45) is -4.00. The van der Waals surface area contributed by atoms with E-state index in [2.05, 4.69) is 17.2 Å². The first-order valence-corrected chi connectivity index (χ1v) is 8.64. The fraction of sp³-hybridized carbons (Fsp3) is 0.286. The molecule has 1 N–H and O–H groups in total. The smallest absolute Gasteiger partial charge is 0.415 e. The monoisotopic (exact) mass is 371 g/mol. The number of hydrogen-bond acceptors (Lipinski definition) is 2. The van der Waals surface area contributed by atoms with Crippen LogP contribution in [0.4, 0.5) is 23.7 Å². The van der Waals surface area contributed by atoms with Gasteiger partial charge in [-0.05, 0) is 48.4 Å². The van der Waals surface area contributed by atoms with Crippen LogP contribution in [0, 0.1) is 17.8 Å². The number of cyclic esters (lactones) is 1. The second-order valence-electron chi connectivity index (χ2n) is 6.78. The Morgan fingerprint density at radius 2 is 1.85 bits per heavy atom. The fourth-order valence-corrected chi connectivity index (χ4v) is 3.07. The third kappa shape index (κ3) is 3.37. The number of hydrogen-bond donors (Lipinski definition) is 1. The molecule has 0 saturated heterocycles. The van der Waals surface area contributed by atoms with Gasteiger partial charge in [0, 0.05) is 11.5 Å². The summed E-state index contributed by atoms with van der Waals surface area (Å²) in [5, 5.41) is 2.35. The zero-order valence-electron chi connectivity index (χ0n) is 14.3. The number of ether oxygens (including phenoxy) is 1.